The van der Waals surface area contributed by atoms with Gasteiger partial charge in [-0.3, -0.25) is 0 Å². The highest BCUT2D eigenvalue weighted by Gasteiger charge is 2.09. The van der Waals surface area contributed by atoms with Crippen molar-refractivity contribution in [3.63, 3.8) is 0 Å². The van der Waals surface area contributed by atoms with Gasteiger partial charge in [-0.2, -0.15) is 0 Å². The molecular weight excluding hydrogens is 186 g/mol. The molecule has 15 heavy (non-hydrogen) atoms. The molecule has 0 aliphatic heterocycles. The lowest BCUT2D eigenvalue weighted by Crippen LogP contribution is -2.09. The number of nitrogens with one attached hydrogen (secondary N) is 1. The van der Waals surface area contributed by atoms with Crippen LogP contribution in [0.4, 0.5) is 5.82 Å². The number of hydrogen-bond donors (Lipinski definition) is 1. The van der Waals surface area contributed by atoms with Crippen molar-refractivity contribution in [2.24, 2.45) is 5.92 Å². The highest BCUT2D eigenvalue weighted by molar-refractivity contribution is 5.45. The Balaban J connectivity index is 2.98. The molecule has 1 heterocycles. The Morgan fingerprint density at radius 1 is 1.27 bits per heavy atom. The first-order valence-electron chi connectivity index (χ1n) is 5.75. The molecule has 1 aromatic heterocycles. The van der Waals surface area contributed by atoms with Crippen LogP contribution in [-0.2, 0) is 12.8 Å². The maximum atomic E-state index is 4.38. The Hall–Kier alpha value is -1.12. The minimum Gasteiger partial charge on any atom is -0.370 e. The van der Waals surface area contributed by atoms with Gasteiger partial charge < -0.3 is 5.32 Å². The maximum absolute atomic E-state index is 4.38. The van der Waals surface area contributed by atoms with Crippen LogP contribution >= 0.6 is 0 Å². The van der Waals surface area contributed by atoms with E-state index in [-0.39, 0.29) is 0 Å². The van der Waals surface area contributed by atoms with Crippen LogP contribution in [0.15, 0.2) is 6.33 Å². The number of aromatic nitrogens is 2. The quantitative estimate of drug-likeness (QED) is 0.806. The van der Waals surface area contributed by atoms with E-state index in [0.29, 0.717) is 5.92 Å². The van der Waals surface area contributed by atoms with E-state index in [1.165, 1.54) is 11.3 Å². The fraction of sp³-hybridized carbons (Fsp3) is 0.667. The summed E-state index contributed by atoms with van der Waals surface area (Å²) >= 11 is 0. The SMILES string of the molecule is CCNc1ncnc(CC(C)C)c1CC. The van der Waals surface area contributed by atoms with Crippen molar-refractivity contribution in [2.75, 3.05) is 11.9 Å². The van der Waals surface area contributed by atoms with Crippen LogP contribution in [0.25, 0.3) is 0 Å². The second kappa shape index (κ2) is 5.69. The molecule has 0 aliphatic carbocycles. The van der Waals surface area contributed by atoms with Gasteiger partial charge in [-0.25, -0.2) is 9.97 Å². The molecule has 1 rings (SSSR count). The molecule has 0 unspecified atom stereocenters. The van der Waals surface area contributed by atoms with Gasteiger partial charge in [0.15, 0.2) is 0 Å². The first kappa shape index (κ1) is 12.0. The summed E-state index contributed by atoms with van der Waals surface area (Å²) in [6, 6.07) is 0. The normalized spacial score (nSPS) is 10.7. The lowest BCUT2D eigenvalue weighted by Gasteiger charge is -2.13. The molecule has 0 amide bonds. The third kappa shape index (κ3) is 3.18. The summed E-state index contributed by atoms with van der Waals surface area (Å²) in [6.45, 7) is 9.58. The Kier molecular flexibility index (Phi) is 4.53. The van der Waals surface area contributed by atoms with Crippen LogP contribution in [0.5, 0.6) is 0 Å². The van der Waals surface area contributed by atoms with Gasteiger partial charge in [0.1, 0.15) is 12.1 Å². The molecule has 0 radical (unpaired) electrons. The fourth-order valence-corrected chi connectivity index (χ4v) is 1.70. The summed E-state index contributed by atoms with van der Waals surface area (Å²) in [5.74, 6) is 1.64. The molecule has 1 aromatic rings. The molecule has 0 spiro atoms. The lowest BCUT2D eigenvalue weighted by atomic mass is 10.0. The third-order valence-electron chi connectivity index (χ3n) is 2.33. The summed E-state index contributed by atoms with van der Waals surface area (Å²) in [7, 11) is 0. The van der Waals surface area contributed by atoms with E-state index in [1.807, 2.05) is 0 Å². The Morgan fingerprint density at radius 3 is 2.53 bits per heavy atom. The van der Waals surface area contributed by atoms with Crippen molar-refractivity contribution in [1.29, 1.82) is 0 Å². The van der Waals surface area contributed by atoms with Gasteiger partial charge >= 0.3 is 0 Å². The smallest absolute Gasteiger partial charge is 0.132 e. The second-order valence-corrected chi connectivity index (χ2v) is 4.13. The second-order valence-electron chi connectivity index (χ2n) is 4.13. The van der Waals surface area contributed by atoms with Crippen LogP contribution in [0, 0.1) is 5.92 Å². The van der Waals surface area contributed by atoms with Crippen molar-refractivity contribution in [3.8, 4) is 0 Å². The summed E-state index contributed by atoms with van der Waals surface area (Å²) in [4.78, 5) is 8.67. The van der Waals surface area contributed by atoms with E-state index in [1.54, 1.807) is 6.33 Å². The van der Waals surface area contributed by atoms with E-state index in [4.69, 9.17) is 0 Å². The zero-order valence-electron chi connectivity index (χ0n) is 10.2. The molecule has 1 N–H and O–H groups in total. The maximum Gasteiger partial charge on any atom is 0.132 e. The first-order valence-corrected chi connectivity index (χ1v) is 5.75. The Morgan fingerprint density at radius 2 is 2.00 bits per heavy atom. The fourth-order valence-electron chi connectivity index (χ4n) is 1.70. The highest BCUT2D eigenvalue weighted by atomic mass is 15.0. The van der Waals surface area contributed by atoms with Gasteiger partial charge in [0.2, 0.25) is 0 Å². The van der Waals surface area contributed by atoms with Crippen LogP contribution in [0.1, 0.15) is 39.0 Å². The number of anilines is 1. The molecule has 0 aromatic carbocycles. The van der Waals surface area contributed by atoms with Gasteiger partial charge in [-0.1, -0.05) is 20.8 Å². The van der Waals surface area contributed by atoms with Crippen LogP contribution in [-0.4, -0.2) is 16.5 Å². The third-order valence-corrected chi connectivity index (χ3v) is 2.33. The Bertz CT molecular complexity index is 308. The number of nitrogens with zero attached hydrogens (tertiary/aromatic N) is 2. The topological polar surface area (TPSA) is 37.8 Å². The molecule has 0 aliphatic rings. The van der Waals surface area contributed by atoms with Gasteiger partial charge in [0, 0.05) is 17.8 Å². The molecular formula is C12H21N3. The predicted octanol–water partition coefficient (Wildman–Crippen LogP) is 2.67. The van der Waals surface area contributed by atoms with E-state index < -0.39 is 0 Å². The van der Waals surface area contributed by atoms with Crippen LogP contribution in [0.2, 0.25) is 0 Å². The Labute approximate surface area is 92.3 Å². The molecule has 0 saturated carbocycles. The predicted molar refractivity (Wildman–Crippen MR) is 64.1 cm³/mol. The van der Waals surface area contributed by atoms with Crippen molar-refractivity contribution in [1.82, 2.24) is 9.97 Å². The summed E-state index contributed by atoms with van der Waals surface area (Å²) < 4.78 is 0. The highest BCUT2D eigenvalue weighted by Crippen LogP contribution is 2.18. The zero-order valence-corrected chi connectivity index (χ0v) is 10.2. The average molecular weight is 207 g/mol. The standard InChI is InChI=1S/C12H21N3/c1-5-10-11(7-9(3)4)14-8-15-12(10)13-6-2/h8-9H,5-7H2,1-4H3,(H,13,14,15). The van der Waals surface area contributed by atoms with E-state index in [0.717, 1.165) is 25.2 Å². The minimum atomic E-state index is 0.639. The molecule has 0 bridgehead atoms. The van der Waals surface area contributed by atoms with Gasteiger partial charge in [-0.05, 0) is 25.7 Å². The van der Waals surface area contributed by atoms with Gasteiger partial charge in [0.25, 0.3) is 0 Å². The number of hydrogen-bond acceptors (Lipinski definition) is 3. The van der Waals surface area contributed by atoms with Gasteiger partial charge in [-0.15, -0.1) is 0 Å². The molecule has 0 saturated heterocycles. The van der Waals surface area contributed by atoms with Crippen LogP contribution in [0.3, 0.4) is 0 Å². The molecule has 3 nitrogen and oxygen atoms in total. The van der Waals surface area contributed by atoms with E-state index in [9.17, 15) is 0 Å². The van der Waals surface area contributed by atoms with Crippen molar-refractivity contribution >= 4 is 5.82 Å². The largest absolute Gasteiger partial charge is 0.370 e. The summed E-state index contributed by atoms with van der Waals surface area (Å²) in [5.41, 5.74) is 2.46. The minimum absolute atomic E-state index is 0.639. The first-order chi connectivity index (χ1) is 7.19. The molecule has 0 fully saturated rings. The zero-order chi connectivity index (χ0) is 11.3. The van der Waals surface area contributed by atoms with Crippen molar-refractivity contribution in [2.45, 2.75) is 40.5 Å². The van der Waals surface area contributed by atoms with E-state index >= 15 is 0 Å². The van der Waals surface area contributed by atoms with Crippen LogP contribution < -0.4 is 5.32 Å². The summed E-state index contributed by atoms with van der Waals surface area (Å²) in [6.07, 6.45) is 3.68. The van der Waals surface area contributed by atoms with E-state index in [2.05, 4.69) is 43.0 Å². The molecule has 84 valence electrons. The van der Waals surface area contributed by atoms with Crippen molar-refractivity contribution < 1.29 is 0 Å². The van der Waals surface area contributed by atoms with Gasteiger partial charge in [0.05, 0.1) is 0 Å². The number of rotatable bonds is 5. The average Bonchev–Trinajstić information content (AvgIpc) is 2.18. The molecule has 0 atom stereocenters. The van der Waals surface area contributed by atoms with Crippen molar-refractivity contribution in [3.05, 3.63) is 17.6 Å². The lowest BCUT2D eigenvalue weighted by molar-refractivity contribution is 0.628. The monoisotopic (exact) mass is 207 g/mol. The molecule has 3 heteroatoms. The summed E-state index contributed by atoms with van der Waals surface area (Å²) in [5, 5.41) is 3.29.